The first-order chi connectivity index (χ1) is 15.3. The van der Waals surface area contributed by atoms with E-state index in [0.29, 0.717) is 35.8 Å². The predicted molar refractivity (Wildman–Crippen MR) is 117 cm³/mol. The lowest BCUT2D eigenvalue weighted by Crippen LogP contribution is -2.27. The van der Waals surface area contributed by atoms with E-state index in [1.165, 1.54) is 36.7 Å². The van der Waals surface area contributed by atoms with Gasteiger partial charge in [0, 0.05) is 30.9 Å². The fourth-order valence-electron chi connectivity index (χ4n) is 3.69. The van der Waals surface area contributed by atoms with Gasteiger partial charge in [0.05, 0.1) is 24.6 Å². The molecule has 10 nitrogen and oxygen atoms in total. The number of rotatable bonds is 7. The van der Waals surface area contributed by atoms with Gasteiger partial charge >= 0.3 is 5.76 Å². The number of amides is 1. The maximum atomic E-state index is 12.8. The molecular formula is C21H23N3O7S. The summed E-state index contributed by atoms with van der Waals surface area (Å²) in [6, 6.07) is 9.12. The standard InChI is InChI=1S/C21H23N3O7S/c1-29-17-8-5-14(11-19(17)30-2)22-20(25)13-24-16-7-6-15(12-18(16)31-21(24)26)32(27,28)23-9-3-4-10-23/h5-8,11-12H,3-4,9-10,13H2,1-2H3,(H,22,25). The Balaban J connectivity index is 1.56. The second-order valence-electron chi connectivity index (χ2n) is 7.31. The number of methoxy groups -OCH3 is 2. The zero-order valence-corrected chi connectivity index (χ0v) is 18.5. The molecule has 1 aliphatic rings. The van der Waals surface area contributed by atoms with E-state index in [1.807, 2.05) is 0 Å². The summed E-state index contributed by atoms with van der Waals surface area (Å²) in [5.41, 5.74) is 0.902. The Kier molecular flexibility index (Phi) is 5.94. The number of carbonyl (C=O) groups is 1. The van der Waals surface area contributed by atoms with Crippen molar-refractivity contribution in [2.45, 2.75) is 24.3 Å². The SMILES string of the molecule is COc1ccc(NC(=O)Cn2c(=O)oc3cc(S(=O)(=O)N4CCCC4)ccc32)cc1OC. The molecule has 1 aliphatic heterocycles. The minimum absolute atomic E-state index is 0.0579. The van der Waals surface area contributed by atoms with Crippen molar-refractivity contribution in [3.05, 3.63) is 46.9 Å². The van der Waals surface area contributed by atoms with E-state index in [2.05, 4.69) is 5.32 Å². The zero-order chi connectivity index (χ0) is 22.9. The molecule has 4 rings (SSSR count). The number of oxazole rings is 1. The highest BCUT2D eigenvalue weighted by atomic mass is 32.2. The van der Waals surface area contributed by atoms with Crippen LogP contribution in [0.15, 0.2) is 50.5 Å². The second-order valence-corrected chi connectivity index (χ2v) is 9.25. The highest BCUT2D eigenvalue weighted by molar-refractivity contribution is 7.89. The number of nitrogens with zero attached hydrogens (tertiary/aromatic N) is 2. The van der Waals surface area contributed by atoms with E-state index in [0.717, 1.165) is 17.4 Å². The van der Waals surface area contributed by atoms with Gasteiger partial charge in [-0.05, 0) is 37.1 Å². The van der Waals surface area contributed by atoms with E-state index in [-0.39, 0.29) is 17.0 Å². The molecule has 0 aliphatic carbocycles. The van der Waals surface area contributed by atoms with Gasteiger partial charge in [0.25, 0.3) is 0 Å². The van der Waals surface area contributed by atoms with Crippen LogP contribution in [0.2, 0.25) is 0 Å². The summed E-state index contributed by atoms with van der Waals surface area (Å²) in [5, 5.41) is 2.69. The monoisotopic (exact) mass is 461 g/mol. The number of anilines is 1. The Labute approximate surface area is 184 Å². The zero-order valence-electron chi connectivity index (χ0n) is 17.7. The highest BCUT2D eigenvalue weighted by Crippen LogP contribution is 2.30. The molecule has 0 saturated carbocycles. The van der Waals surface area contributed by atoms with Crippen molar-refractivity contribution in [2.75, 3.05) is 32.6 Å². The van der Waals surface area contributed by atoms with Crippen molar-refractivity contribution in [1.29, 1.82) is 0 Å². The van der Waals surface area contributed by atoms with Gasteiger partial charge in [-0.15, -0.1) is 0 Å². The molecule has 32 heavy (non-hydrogen) atoms. The first-order valence-electron chi connectivity index (χ1n) is 9.99. The third kappa shape index (κ3) is 4.08. The number of carbonyl (C=O) groups excluding carboxylic acids is 1. The lowest BCUT2D eigenvalue weighted by Gasteiger charge is -2.15. The molecule has 1 saturated heterocycles. The highest BCUT2D eigenvalue weighted by Gasteiger charge is 2.28. The van der Waals surface area contributed by atoms with Crippen LogP contribution < -0.4 is 20.5 Å². The number of benzene rings is 2. The minimum Gasteiger partial charge on any atom is -0.493 e. The van der Waals surface area contributed by atoms with Gasteiger partial charge in [-0.3, -0.25) is 9.36 Å². The largest absolute Gasteiger partial charge is 0.493 e. The molecule has 0 unspecified atom stereocenters. The minimum atomic E-state index is -3.65. The van der Waals surface area contributed by atoms with Crippen molar-refractivity contribution < 1.29 is 27.1 Å². The quantitative estimate of drug-likeness (QED) is 0.572. The van der Waals surface area contributed by atoms with Crippen LogP contribution in [0.4, 0.5) is 5.69 Å². The number of fused-ring (bicyclic) bond motifs is 1. The summed E-state index contributed by atoms with van der Waals surface area (Å²) < 4.78 is 43.7. The van der Waals surface area contributed by atoms with E-state index >= 15 is 0 Å². The van der Waals surface area contributed by atoms with Crippen LogP contribution in [0.5, 0.6) is 11.5 Å². The van der Waals surface area contributed by atoms with E-state index in [4.69, 9.17) is 13.9 Å². The van der Waals surface area contributed by atoms with Gasteiger partial charge in [0.2, 0.25) is 15.9 Å². The number of hydrogen-bond donors (Lipinski definition) is 1. The van der Waals surface area contributed by atoms with Gasteiger partial charge < -0.3 is 19.2 Å². The number of aromatic nitrogens is 1. The van der Waals surface area contributed by atoms with E-state index in [1.54, 1.807) is 18.2 Å². The molecule has 11 heteroatoms. The third-order valence-electron chi connectivity index (χ3n) is 5.31. The maximum Gasteiger partial charge on any atom is 0.420 e. The molecule has 0 bridgehead atoms. The fourth-order valence-corrected chi connectivity index (χ4v) is 5.23. The molecule has 2 heterocycles. The average molecular weight is 461 g/mol. The smallest absolute Gasteiger partial charge is 0.420 e. The van der Waals surface area contributed by atoms with Crippen LogP contribution in [0.3, 0.4) is 0 Å². The van der Waals surface area contributed by atoms with Crippen molar-refractivity contribution in [1.82, 2.24) is 8.87 Å². The van der Waals surface area contributed by atoms with Gasteiger partial charge in [-0.25, -0.2) is 13.2 Å². The lowest BCUT2D eigenvalue weighted by atomic mass is 10.2. The molecule has 2 aromatic carbocycles. The summed E-state index contributed by atoms with van der Waals surface area (Å²) in [6.45, 7) is 0.641. The first-order valence-corrected chi connectivity index (χ1v) is 11.4. The third-order valence-corrected chi connectivity index (χ3v) is 7.21. The molecule has 0 atom stereocenters. The Morgan fingerprint density at radius 1 is 1.06 bits per heavy atom. The van der Waals surface area contributed by atoms with Crippen LogP contribution in [0.25, 0.3) is 11.1 Å². The predicted octanol–water partition coefficient (Wildman–Crippen LogP) is 2.03. The summed E-state index contributed by atoms with van der Waals surface area (Å²) in [6.07, 6.45) is 1.64. The first kappa shape index (κ1) is 21.9. The molecule has 3 aromatic rings. The van der Waals surface area contributed by atoms with Gasteiger partial charge in [0.15, 0.2) is 17.1 Å². The molecule has 1 fully saturated rings. The Morgan fingerprint density at radius 3 is 2.47 bits per heavy atom. The second kappa shape index (κ2) is 8.67. The van der Waals surface area contributed by atoms with Crippen LogP contribution in [0, 0.1) is 0 Å². The molecular weight excluding hydrogens is 438 g/mol. The normalized spacial score (nSPS) is 14.6. The number of ether oxygens (including phenoxy) is 2. The number of nitrogens with one attached hydrogen (secondary N) is 1. The van der Waals surface area contributed by atoms with Crippen molar-refractivity contribution in [3.8, 4) is 11.5 Å². The van der Waals surface area contributed by atoms with Crippen molar-refractivity contribution >= 4 is 32.7 Å². The van der Waals surface area contributed by atoms with E-state index in [9.17, 15) is 18.0 Å². The topological polar surface area (TPSA) is 120 Å². The Morgan fingerprint density at radius 2 is 1.78 bits per heavy atom. The van der Waals surface area contributed by atoms with Gasteiger partial charge in [-0.1, -0.05) is 0 Å². The van der Waals surface area contributed by atoms with E-state index < -0.39 is 21.7 Å². The van der Waals surface area contributed by atoms with Crippen LogP contribution in [-0.4, -0.2) is 50.5 Å². The van der Waals surface area contributed by atoms with Crippen LogP contribution in [0.1, 0.15) is 12.8 Å². The summed E-state index contributed by atoms with van der Waals surface area (Å²) >= 11 is 0. The fraction of sp³-hybridized carbons (Fsp3) is 0.333. The molecule has 1 amide bonds. The Hall–Kier alpha value is -3.31. The van der Waals surface area contributed by atoms with Crippen molar-refractivity contribution in [2.24, 2.45) is 0 Å². The molecule has 170 valence electrons. The van der Waals surface area contributed by atoms with Crippen LogP contribution in [-0.2, 0) is 21.4 Å². The van der Waals surface area contributed by atoms with Crippen LogP contribution >= 0.6 is 0 Å². The lowest BCUT2D eigenvalue weighted by molar-refractivity contribution is -0.116. The average Bonchev–Trinajstić information content (AvgIpc) is 3.42. The summed E-state index contributed by atoms with van der Waals surface area (Å²) in [7, 11) is -0.656. The number of hydrogen-bond acceptors (Lipinski definition) is 7. The number of sulfonamides is 1. The molecule has 1 aromatic heterocycles. The Bertz CT molecular complexity index is 1320. The van der Waals surface area contributed by atoms with Gasteiger partial charge in [0.1, 0.15) is 6.54 Å². The molecule has 0 spiro atoms. The summed E-state index contributed by atoms with van der Waals surface area (Å²) in [4.78, 5) is 24.9. The molecule has 1 N–H and O–H groups in total. The molecule has 0 radical (unpaired) electrons. The summed E-state index contributed by atoms with van der Waals surface area (Å²) in [5.74, 6) is -0.251. The maximum absolute atomic E-state index is 12.8. The van der Waals surface area contributed by atoms with Gasteiger partial charge in [-0.2, -0.15) is 4.31 Å². The van der Waals surface area contributed by atoms with Crippen molar-refractivity contribution in [3.63, 3.8) is 0 Å².